The van der Waals surface area contributed by atoms with Gasteiger partial charge in [-0.15, -0.1) is 0 Å². The Hall–Kier alpha value is -1.60. The summed E-state index contributed by atoms with van der Waals surface area (Å²) in [7, 11) is -2.10. The topological polar surface area (TPSA) is 81.7 Å². The molecule has 0 radical (unpaired) electrons. The van der Waals surface area contributed by atoms with Crippen LogP contribution >= 0.6 is 0 Å². The van der Waals surface area contributed by atoms with Crippen LogP contribution in [0.2, 0.25) is 0 Å². The quantitative estimate of drug-likeness (QED) is 0.892. The smallest absolute Gasteiger partial charge is 0.241 e. The summed E-state index contributed by atoms with van der Waals surface area (Å²) in [4.78, 5) is 12.4. The fourth-order valence-electron chi connectivity index (χ4n) is 3.03. The normalized spacial score (nSPS) is 24.0. The number of carbonyl (C=O) groups is 1. The van der Waals surface area contributed by atoms with Gasteiger partial charge in [0.1, 0.15) is 11.0 Å². The number of methoxy groups -OCH3 is 1. The molecule has 1 aromatic rings. The molecule has 2 aliphatic rings. The number of hydrogen-bond donors (Lipinski definition) is 1. The second-order valence-corrected chi connectivity index (χ2v) is 7.61. The maximum absolute atomic E-state index is 12.4. The van der Waals surface area contributed by atoms with Gasteiger partial charge >= 0.3 is 0 Å². The van der Waals surface area contributed by atoms with Crippen LogP contribution in [0.4, 0.5) is 0 Å². The van der Waals surface area contributed by atoms with Gasteiger partial charge in [-0.1, -0.05) is 6.07 Å². The van der Waals surface area contributed by atoms with E-state index in [0.717, 1.165) is 17.5 Å². The van der Waals surface area contributed by atoms with E-state index in [1.165, 1.54) is 0 Å². The Bertz CT molecular complexity index is 679. The van der Waals surface area contributed by atoms with Crippen molar-refractivity contribution in [2.75, 3.05) is 20.3 Å². The van der Waals surface area contributed by atoms with E-state index >= 15 is 0 Å². The fourth-order valence-corrected chi connectivity index (χ4v) is 4.30. The summed E-state index contributed by atoms with van der Waals surface area (Å²) in [6, 6.07) is 5.60. The second kappa shape index (κ2) is 5.89. The van der Waals surface area contributed by atoms with Crippen molar-refractivity contribution < 1.29 is 22.7 Å². The first-order chi connectivity index (χ1) is 10.5. The highest BCUT2D eigenvalue weighted by Gasteiger charge is 2.35. The Morgan fingerprint density at radius 3 is 2.86 bits per heavy atom. The van der Waals surface area contributed by atoms with Gasteiger partial charge in [0.05, 0.1) is 19.6 Å². The number of rotatable bonds is 4. The summed E-state index contributed by atoms with van der Waals surface area (Å²) in [6.07, 6.45) is 1.81. The van der Waals surface area contributed by atoms with Gasteiger partial charge in [0, 0.05) is 6.61 Å². The lowest BCUT2D eigenvalue weighted by Crippen LogP contribution is -2.40. The first-order valence-corrected chi connectivity index (χ1v) is 8.86. The van der Waals surface area contributed by atoms with E-state index in [1.807, 2.05) is 18.2 Å². The minimum absolute atomic E-state index is 0.150. The van der Waals surface area contributed by atoms with Gasteiger partial charge in [-0.3, -0.25) is 9.52 Å². The SMILES string of the molecule is COc1ccc2c(c1)C(C(=O)NS(=O)(=O)C1CCOC1)CC2. The molecule has 1 N–H and O–H groups in total. The number of nitrogens with one attached hydrogen (secondary N) is 1. The summed E-state index contributed by atoms with van der Waals surface area (Å²) in [5, 5.41) is -0.636. The standard InChI is InChI=1S/C15H19NO5S/c1-20-11-4-2-10-3-5-13(14(10)8-11)15(17)16-22(18,19)12-6-7-21-9-12/h2,4,8,12-13H,3,5-7,9H2,1H3,(H,16,17). The lowest BCUT2D eigenvalue weighted by atomic mass is 10.0. The third-order valence-corrected chi connectivity index (χ3v) is 6.05. The second-order valence-electron chi connectivity index (χ2n) is 5.65. The van der Waals surface area contributed by atoms with E-state index in [9.17, 15) is 13.2 Å². The molecule has 2 atom stereocenters. The highest BCUT2D eigenvalue weighted by atomic mass is 32.2. The van der Waals surface area contributed by atoms with Crippen LogP contribution < -0.4 is 9.46 Å². The molecule has 0 spiro atoms. The molecule has 120 valence electrons. The molecule has 1 aliphatic heterocycles. The zero-order chi connectivity index (χ0) is 15.7. The molecule has 1 aliphatic carbocycles. The molecule has 2 unspecified atom stereocenters. The number of sulfonamides is 1. The van der Waals surface area contributed by atoms with Crippen molar-refractivity contribution in [2.24, 2.45) is 0 Å². The molecule has 1 amide bonds. The Balaban J connectivity index is 1.77. The van der Waals surface area contributed by atoms with Crippen molar-refractivity contribution in [2.45, 2.75) is 30.4 Å². The number of benzene rings is 1. The van der Waals surface area contributed by atoms with Crippen molar-refractivity contribution >= 4 is 15.9 Å². The number of hydrogen-bond acceptors (Lipinski definition) is 5. The minimum Gasteiger partial charge on any atom is -0.497 e. The van der Waals surface area contributed by atoms with Gasteiger partial charge in [-0.05, 0) is 42.5 Å². The predicted octanol–water partition coefficient (Wildman–Crippen LogP) is 0.960. The number of ether oxygens (including phenoxy) is 2. The van der Waals surface area contributed by atoms with Crippen LogP contribution in [0.1, 0.15) is 29.9 Å². The van der Waals surface area contributed by atoms with Gasteiger partial charge in [0.15, 0.2) is 0 Å². The number of amides is 1. The van der Waals surface area contributed by atoms with Crippen LogP contribution in [0.5, 0.6) is 5.75 Å². The van der Waals surface area contributed by atoms with Gasteiger partial charge in [0.2, 0.25) is 15.9 Å². The summed E-state index contributed by atoms with van der Waals surface area (Å²) >= 11 is 0. The van der Waals surface area contributed by atoms with E-state index in [-0.39, 0.29) is 6.61 Å². The molecule has 0 aromatic heterocycles. The largest absolute Gasteiger partial charge is 0.497 e. The maximum Gasteiger partial charge on any atom is 0.241 e. The predicted molar refractivity (Wildman–Crippen MR) is 80.3 cm³/mol. The molecule has 3 rings (SSSR count). The molecule has 7 heteroatoms. The van der Waals surface area contributed by atoms with Crippen LogP contribution in [0, 0.1) is 0 Å². The molecular formula is C15H19NO5S. The van der Waals surface area contributed by atoms with Crippen LogP contribution in [0.15, 0.2) is 18.2 Å². The van der Waals surface area contributed by atoms with E-state index in [2.05, 4.69) is 4.72 Å². The number of carbonyl (C=O) groups excluding carboxylic acids is 1. The first kappa shape index (κ1) is 15.3. The van der Waals surface area contributed by atoms with Crippen molar-refractivity contribution in [1.29, 1.82) is 0 Å². The summed E-state index contributed by atoms with van der Waals surface area (Å²) in [6.45, 7) is 0.570. The summed E-state index contributed by atoms with van der Waals surface area (Å²) in [5.41, 5.74) is 1.93. The Morgan fingerprint density at radius 2 is 2.18 bits per heavy atom. The van der Waals surface area contributed by atoms with Gasteiger partial charge in [0.25, 0.3) is 0 Å². The van der Waals surface area contributed by atoms with Crippen molar-refractivity contribution in [3.63, 3.8) is 0 Å². The molecule has 1 fully saturated rings. The minimum atomic E-state index is -3.67. The van der Waals surface area contributed by atoms with Crippen LogP contribution in [0.3, 0.4) is 0 Å². The molecule has 0 bridgehead atoms. The third kappa shape index (κ3) is 2.83. The third-order valence-electron chi connectivity index (χ3n) is 4.32. The summed E-state index contributed by atoms with van der Waals surface area (Å²) < 4.78 is 36.9. The molecule has 0 saturated carbocycles. The zero-order valence-electron chi connectivity index (χ0n) is 12.4. The molecule has 22 heavy (non-hydrogen) atoms. The molecule has 1 heterocycles. The lowest BCUT2D eigenvalue weighted by molar-refractivity contribution is -0.120. The number of aryl methyl sites for hydroxylation is 1. The average Bonchev–Trinajstić information content (AvgIpc) is 3.15. The number of fused-ring (bicyclic) bond motifs is 1. The van der Waals surface area contributed by atoms with Crippen molar-refractivity contribution in [1.82, 2.24) is 4.72 Å². The van der Waals surface area contributed by atoms with Gasteiger partial charge in [-0.25, -0.2) is 8.42 Å². The molecular weight excluding hydrogens is 306 g/mol. The van der Waals surface area contributed by atoms with Crippen LogP contribution in [0.25, 0.3) is 0 Å². The lowest BCUT2D eigenvalue weighted by Gasteiger charge is -2.15. The van der Waals surface area contributed by atoms with Gasteiger partial charge in [-0.2, -0.15) is 0 Å². The van der Waals surface area contributed by atoms with E-state index in [4.69, 9.17) is 9.47 Å². The first-order valence-electron chi connectivity index (χ1n) is 7.31. The van der Waals surface area contributed by atoms with Crippen LogP contribution in [-0.4, -0.2) is 39.9 Å². The maximum atomic E-state index is 12.4. The van der Waals surface area contributed by atoms with Gasteiger partial charge < -0.3 is 9.47 Å². The Labute approximate surface area is 129 Å². The highest BCUT2D eigenvalue weighted by molar-refractivity contribution is 7.90. The fraction of sp³-hybridized carbons (Fsp3) is 0.533. The van der Waals surface area contributed by atoms with Crippen molar-refractivity contribution in [3.05, 3.63) is 29.3 Å². The Kier molecular flexibility index (Phi) is 4.10. The molecule has 1 saturated heterocycles. The monoisotopic (exact) mass is 325 g/mol. The highest BCUT2D eigenvalue weighted by Crippen LogP contribution is 2.35. The van der Waals surface area contributed by atoms with E-state index < -0.39 is 27.1 Å². The zero-order valence-corrected chi connectivity index (χ0v) is 13.2. The van der Waals surface area contributed by atoms with E-state index in [1.54, 1.807) is 7.11 Å². The average molecular weight is 325 g/mol. The Morgan fingerprint density at radius 1 is 1.36 bits per heavy atom. The van der Waals surface area contributed by atoms with Crippen molar-refractivity contribution in [3.8, 4) is 5.75 Å². The molecule has 1 aromatic carbocycles. The van der Waals surface area contributed by atoms with Crippen LogP contribution in [-0.2, 0) is 26.0 Å². The summed E-state index contributed by atoms with van der Waals surface area (Å²) in [5.74, 6) is -0.230. The van der Waals surface area contributed by atoms with E-state index in [0.29, 0.717) is 25.2 Å². The molecule has 6 nitrogen and oxygen atoms in total.